The Balaban J connectivity index is 1.67. The fraction of sp³-hybridized carbons (Fsp3) is 0.438. The first-order valence-electron chi connectivity index (χ1n) is 7.15. The SMILES string of the molecule is CO[C@@H]1CN(CCc2ccccc2)Cc2ccnn2C1. The zero-order valence-electron chi connectivity index (χ0n) is 11.9. The number of aromatic nitrogens is 2. The van der Waals surface area contributed by atoms with E-state index in [4.69, 9.17) is 4.74 Å². The van der Waals surface area contributed by atoms with Crippen molar-refractivity contribution in [2.75, 3.05) is 20.2 Å². The van der Waals surface area contributed by atoms with Gasteiger partial charge in [0.25, 0.3) is 0 Å². The molecule has 1 aliphatic heterocycles. The number of ether oxygens (including phenoxy) is 1. The smallest absolute Gasteiger partial charge is 0.0893 e. The predicted octanol–water partition coefficient (Wildman–Crippen LogP) is 1.96. The van der Waals surface area contributed by atoms with Gasteiger partial charge in [-0.05, 0) is 18.1 Å². The molecule has 20 heavy (non-hydrogen) atoms. The zero-order valence-corrected chi connectivity index (χ0v) is 11.9. The van der Waals surface area contributed by atoms with Gasteiger partial charge in [-0.15, -0.1) is 0 Å². The lowest BCUT2D eigenvalue weighted by Crippen LogP contribution is -2.33. The fourth-order valence-corrected chi connectivity index (χ4v) is 2.74. The Hall–Kier alpha value is -1.65. The molecule has 3 rings (SSSR count). The highest BCUT2D eigenvalue weighted by Crippen LogP contribution is 2.14. The van der Waals surface area contributed by atoms with Crippen molar-refractivity contribution >= 4 is 0 Å². The van der Waals surface area contributed by atoms with Crippen LogP contribution in [0.2, 0.25) is 0 Å². The van der Waals surface area contributed by atoms with Crippen molar-refractivity contribution in [1.29, 1.82) is 0 Å². The van der Waals surface area contributed by atoms with Gasteiger partial charge in [-0.25, -0.2) is 0 Å². The molecule has 0 unspecified atom stereocenters. The highest BCUT2D eigenvalue weighted by atomic mass is 16.5. The van der Waals surface area contributed by atoms with Crippen LogP contribution >= 0.6 is 0 Å². The topological polar surface area (TPSA) is 30.3 Å². The van der Waals surface area contributed by atoms with Crippen molar-refractivity contribution in [1.82, 2.24) is 14.7 Å². The monoisotopic (exact) mass is 271 g/mol. The molecule has 0 aliphatic carbocycles. The summed E-state index contributed by atoms with van der Waals surface area (Å²) in [6.45, 7) is 3.81. The third-order valence-corrected chi connectivity index (χ3v) is 3.92. The lowest BCUT2D eigenvalue weighted by atomic mass is 10.1. The number of hydrogen-bond acceptors (Lipinski definition) is 3. The second-order valence-electron chi connectivity index (χ2n) is 5.33. The van der Waals surface area contributed by atoms with Crippen LogP contribution in [-0.2, 0) is 24.2 Å². The van der Waals surface area contributed by atoms with Gasteiger partial charge in [-0.1, -0.05) is 30.3 Å². The maximum Gasteiger partial charge on any atom is 0.0893 e. The summed E-state index contributed by atoms with van der Waals surface area (Å²) in [6.07, 6.45) is 3.17. The first-order valence-corrected chi connectivity index (χ1v) is 7.15. The van der Waals surface area contributed by atoms with Crippen molar-refractivity contribution < 1.29 is 4.74 Å². The van der Waals surface area contributed by atoms with Crippen LogP contribution in [0.15, 0.2) is 42.6 Å². The Morgan fingerprint density at radius 2 is 2.05 bits per heavy atom. The van der Waals surface area contributed by atoms with Crippen molar-refractivity contribution in [3.63, 3.8) is 0 Å². The summed E-state index contributed by atoms with van der Waals surface area (Å²) in [5.74, 6) is 0. The van der Waals surface area contributed by atoms with E-state index < -0.39 is 0 Å². The summed E-state index contributed by atoms with van der Waals surface area (Å²) < 4.78 is 7.64. The van der Waals surface area contributed by atoms with E-state index in [0.717, 1.165) is 32.6 Å². The molecular weight excluding hydrogens is 250 g/mol. The maximum atomic E-state index is 5.58. The third-order valence-electron chi connectivity index (χ3n) is 3.92. The van der Waals surface area contributed by atoms with E-state index in [1.165, 1.54) is 11.3 Å². The number of rotatable bonds is 4. The van der Waals surface area contributed by atoms with Gasteiger partial charge in [-0.2, -0.15) is 5.10 Å². The lowest BCUT2D eigenvalue weighted by molar-refractivity contribution is 0.0572. The van der Waals surface area contributed by atoms with Crippen LogP contribution in [0, 0.1) is 0 Å². The summed E-state index contributed by atoms with van der Waals surface area (Å²) in [6, 6.07) is 12.8. The normalized spacial score (nSPS) is 19.6. The van der Waals surface area contributed by atoms with Gasteiger partial charge in [0.15, 0.2) is 0 Å². The molecule has 0 amide bonds. The molecular formula is C16H21N3O. The van der Waals surface area contributed by atoms with Gasteiger partial charge in [0.2, 0.25) is 0 Å². The number of hydrogen-bond donors (Lipinski definition) is 0. The predicted molar refractivity (Wildman–Crippen MR) is 78.4 cm³/mol. The Kier molecular flexibility index (Phi) is 4.14. The number of nitrogens with zero attached hydrogens (tertiary/aromatic N) is 3. The van der Waals surface area contributed by atoms with Crippen molar-refractivity contribution in [3.8, 4) is 0 Å². The van der Waals surface area contributed by atoms with Crippen molar-refractivity contribution in [2.24, 2.45) is 0 Å². The summed E-state index contributed by atoms with van der Waals surface area (Å²) in [5.41, 5.74) is 2.66. The van der Waals surface area contributed by atoms with Crippen LogP contribution in [0.4, 0.5) is 0 Å². The van der Waals surface area contributed by atoms with Crippen molar-refractivity contribution in [2.45, 2.75) is 25.6 Å². The minimum absolute atomic E-state index is 0.215. The molecule has 106 valence electrons. The minimum atomic E-state index is 0.215. The fourth-order valence-electron chi connectivity index (χ4n) is 2.74. The van der Waals surface area contributed by atoms with E-state index in [1.54, 1.807) is 7.11 Å². The third kappa shape index (κ3) is 3.08. The molecule has 1 aromatic carbocycles. The van der Waals surface area contributed by atoms with E-state index in [2.05, 4.69) is 51.1 Å². The first-order chi connectivity index (χ1) is 9.85. The Morgan fingerprint density at radius 1 is 1.20 bits per heavy atom. The highest BCUT2D eigenvalue weighted by Gasteiger charge is 2.21. The summed E-state index contributed by atoms with van der Waals surface area (Å²) >= 11 is 0. The molecule has 1 aromatic heterocycles. The van der Waals surface area contributed by atoms with Crippen LogP contribution in [0.1, 0.15) is 11.3 Å². The number of benzene rings is 1. The largest absolute Gasteiger partial charge is 0.378 e. The second-order valence-corrected chi connectivity index (χ2v) is 5.33. The van der Waals surface area contributed by atoms with Crippen molar-refractivity contribution in [3.05, 3.63) is 53.9 Å². The van der Waals surface area contributed by atoms with Gasteiger partial charge in [-0.3, -0.25) is 9.58 Å². The standard InChI is InChI=1S/C16H21N3O/c1-20-16-12-18(10-8-14-5-3-2-4-6-14)11-15-7-9-17-19(15)13-16/h2-7,9,16H,8,10-13H2,1H3/t16-/m1/s1. The average Bonchev–Trinajstić information content (AvgIpc) is 2.84. The van der Waals surface area contributed by atoms with Crippen LogP contribution in [0.25, 0.3) is 0 Å². The van der Waals surface area contributed by atoms with Gasteiger partial charge < -0.3 is 4.74 Å². The Morgan fingerprint density at radius 3 is 2.85 bits per heavy atom. The number of methoxy groups -OCH3 is 1. The summed E-state index contributed by atoms with van der Waals surface area (Å²) in [5, 5.41) is 4.38. The van der Waals surface area contributed by atoms with Crippen LogP contribution in [-0.4, -0.2) is 41.0 Å². The Labute approximate surface area is 120 Å². The van der Waals surface area contributed by atoms with Gasteiger partial charge in [0.1, 0.15) is 0 Å². The van der Waals surface area contributed by atoms with E-state index in [0.29, 0.717) is 0 Å². The van der Waals surface area contributed by atoms with Crippen LogP contribution in [0.5, 0.6) is 0 Å². The zero-order chi connectivity index (χ0) is 13.8. The molecule has 4 nitrogen and oxygen atoms in total. The molecule has 0 fully saturated rings. The second kappa shape index (κ2) is 6.20. The van der Waals surface area contributed by atoms with E-state index in [1.807, 2.05) is 6.20 Å². The molecule has 1 atom stereocenters. The van der Waals surface area contributed by atoms with Gasteiger partial charge in [0.05, 0.1) is 18.3 Å². The van der Waals surface area contributed by atoms with E-state index in [9.17, 15) is 0 Å². The van der Waals surface area contributed by atoms with Crippen LogP contribution < -0.4 is 0 Å². The van der Waals surface area contributed by atoms with Gasteiger partial charge in [0, 0.05) is 32.9 Å². The van der Waals surface area contributed by atoms with E-state index in [-0.39, 0.29) is 6.10 Å². The first kappa shape index (κ1) is 13.3. The Bertz CT molecular complexity index is 538. The minimum Gasteiger partial charge on any atom is -0.378 e. The highest BCUT2D eigenvalue weighted by molar-refractivity contribution is 5.15. The number of fused-ring (bicyclic) bond motifs is 1. The molecule has 0 spiro atoms. The molecule has 1 aliphatic rings. The molecule has 0 bridgehead atoms. The molecule has 0 saturated heterocycles. The molecule has 0 saturated carbocycles. The summed E-state index contributed by atoms with van der Waals surface area (Å²) in [4.78, 5) is 2.46. The molecule has 0 radical (unpaired) electrons. The summed E-state index contributed by atoms with van der Waals surface area (Å²) in [7, 11) is 1.79. The van der Waals surface area contributed by atoms with Gasteiger partial charge >= 0.3 is 0 Å². The molecule has 0 N–H and O–H groups in total. The molecule has 2 aromatic rings. The maximum absolute atomic E-state index is 5.58. The van der Waals surface area contributed by atoms with Crippen LogP contribution in [0.3, 0.4) is 0 Å². The van der Waals surface area contributed by atoms with E-state index >= 15 is 0 Å². The average molecular weight is 271 g/mol. The quantitative estimate of drug-likeness (QED) is 0.851. The molecule has 4 heteroatoms. The molecule has 2 heterocycles. The lowest BCUT2D eigenvalue weighted by Gasteiger charge is -2.22.